The van der Waals surface area contributed by atoms with E-state index in [0.717, 1.165) is 6.29 Å². The van der Waals surface area contributed by atoms with Crippen molar-refractivity contribution in [1.29, 1.82) is 0 Å². The average Bonchev–Trinajstić information content (AvgIpc) is 2.52. The van der Waals surface area contributed by atoms with E-state index in [-0.39, 0.29) is 6.73 Å². The van der Waals surface area contributed by atoms with Crippen LogP contribution in [-0.4, -0.2) is 24.1 Å². The van der Waals surface area contributed by atoms with E-state index >= 15 is 0 Å². The Morgan fingerprint density at radius 1 is 1.14 bits per heavy atom. The molecule has 0 radical (unpaired) electrons. The fourth-order valence-electron chi connectivity index (χ4n) is 1.84. The first kappa shape index (κ1) is 14.7. The molecule has 0 aromatic heterocycles. The molecular formula is C16H15NO4. The van der Waals surface area contributed by atoms with E-state index in [1.165, 1.54) is 0 Å². The minimum atomic E-state index is -0.971. The van der Waals surface area contributed by atoms with Crippen LogP contribution in [0.2, 0.25) is 0 Å². The molecule has 2 N–H and O–H groups in total. The molecule has 0 saturated heterocycles. The Hall–Kier alpha value is -2.66. The number of benzene rings is 2. The number of carboxylic acid groups (broad SMARTS) is 1. The molecule has 0 aliphatic rings. The van der Waals surface area contributed by atoms with Gasteiger partial charge in [-0.15, -0.1) is 0 Å². The minimum absolute atomic E-state index is 0.0479. The van der Waals surface area contributed by atoms with Crippen LogP contribution in [0.15, 0.2) is 54.6 Å². The molecule has 108 valence electrons. The second-order valence-electron chi connectivity index (χ2n) is 4.36. The third kappa shape index (κ3) is 4.15. The summed E-state index contributed by atoms with van der Waals surface area (Å²) in [6, 6.07) is 14.6. The number of hydrogen-bond donors (Lipinski definition) is 2. The third-order valence-corrected chi connectivity index (χ3v) is 2.92. The number of carboxylic acids is 1. The number of hydrogen-bond acceptors (Lipinski definition) is 4. The van der Waals surface area contributed by atoms with Gasteiger partial charge in [0.1, 0.15) is 24.8 Å². The Morgan fingerprint density at radius 2 is 1.81 bits per heavy atom. The van der Waals surface area contributed by atoms with Gasteiger partial charge in [-0.3, -0.25) is 14.9 Å². The van der Waals surface area contributed by atoms with Crippen molar-refractivity contribution in [2.45, 2.75) is 6.04 Å². The normalized spacial score (nSPS) is 11.6. The number of aldehydes is 1. The third-order valence-electron chi connectivity index (χ3n) is 2.92. The van der Waals surface area contributed by atoms with Gasteiger partial charge >= 0.3 is 5.97 Å². The summed E-state index contributed by atoms with van der Waals surface area (Å²) in [6.45, 7) is 0.0479. The van der Waals surface area contributed by atoms with Crippen molar-refractivity contribution in [3.8, 4) is 5.75 Å². The zero-order valence-electron chi connectivity index (χ0n) is 11.2. The van der Waals surface area contributed by atoms with E-state index in [1.54, 1.807) is 48.5 Å². The van der Waals surface area contributed by atoms with Gasteiger partial charge < -0.3 is 9.84 Å². The second-order valence-corrected chi connectivity index (χ2v) is 4.36. The number of carbonyl (C=O) groups excluding carboxylic acids is 1. The highest BCUT2D eigenvalue weighted by atomic mass is 16.5. The number of carbonyl (C=O) groups is 2. The number of aliphatic carboxylic acids is 1. The molecule has 2 aromatic rings. The molecule has 2 aromatic carbocycles. The molecule has 0 amide bonds. The van der Waals surface area contributed by atoms with E-state index in [2.05, 4.69) is 5.32 Å². The van der Waals surface area contributed by atoms with Crippen molar-refractivity contribution in [2.75, 3.05) is 6.73 Å². The first-order valence-corrected chi connectivity index (χ1v) is 6.40. The average molecular weight is 285 g/mol. The standard InChI is InChI=1S/C16H15NO4/c18-10-12-6-8-14(9-7-12)21-11-17-15(16(19)20)13-4-2-1-3-5-13/h1-10,15,17H,11H2,(H,19,20). The molecular weight excluding hydrogens is 270 g/mol. The van der Waals surface area contributed by atoms with Crippen molar-refractivity contribution in [3.63, 3.8) is 0 Å². The molecule has 5 heteroatoms. The van der Waals surface area contributed by atoms with Crippen LogP contribution in [0.5, 0.6) is 5.75 Å². The molecule has 0 bridgehead atoms. The van der Waals surface area contributed by atoms with Crippen molar-refractivity contribution >= 4 is 12.3 Å². The zero-order chi connectivity index (χ0) is 15.1. The van der Waals surface area contributed by atoms with Crippen molar-refractivity contribution < 1.29 is 19.4 Å². The topological polar surface area (TPSA) is 75.6 Å². The molecule has 0 aliphatic heterocycles. The highest BCUT2D eigenvalue weighted by Gasteiger charge is 2.18. The Balaban J connectivity index is 1.93. The Kier molecular flexibility index (Phi) is 5.06. The van der Waals surface area contributed by atoms with Gasteiger partial charge in [0.05, 0.1) is 0 Å². The maximum atomic E-state index is 11.3. The summed E-state index contributed by atoms with van der Waals surface area (Å²) in [5.74, 6) is -0.411. The molecule has 1 unspecified atom stereocenters. The molecule has 21 heavy (non-hydrogen) atoms. The van der Waals surface area contributed by atoms with Gasteiger partial charge in [0, 0.05) is 5.56 Å². The van der Waals surface area contributed by atoms with Crippen LogP contribution in [0.4, 0.5) is 0 Å². The maximum absolute atomic E-state index is 11.3. The van der Waals surface area contributed by atoms with E-state index in [1.807, 2.05) is 6.07 Å². The van der Waals surface area contributed by atoms with Crippen LogP contribution in [0.1, 0.15) is 22.0 Å². The predicted octanol–water partition coefficient (Wildman–Crippen LogP) is 2.25. The molecule has 1 atom stereocenters. The molecule has 0 aliphatic carbocycles. The zero-order valence-corrected chi connectivity index (χ0v) is 11.2. The highest BCUT2D eigenvalue weighted by molar-refractivity contribution is 5.75. The lowest BCUT2D eigenvalue weighted by molar-refractivity contribution is -0.140. The smallest absolute Gasteiger partial charge is 0.325 e. The number of ether oxygens (including phenoxy) is 1. The monoisotopic (exact) mass is 285 g/mol. The second kappa shape index (κ2) is 7.21. The van der Waals surface area contributed by atoms with E-state index < -0.39 is 12.0 Å². The van der Waals surface area contributed by atoms with Gasteiger partial charge in [-0.05, 0) is 29.8 Å². The van der Waals surface area contributed by atoms with Crippen molar-refractivity contribution in [3.05, 3.63) is 65.7 Å². The van der Waals surface area contributed by atoms with Crippen LogP contribution in [0, 0.1) is 0 Å². The fourth-order valence-corrected chi connectivity index (χ4v) is 1.84. The lowest BCUT2D eigenvalue weighted by Gasteiger charge is -2.15. The fraction of sp³-hybridized carbons (Fsp3) is 0.125. The Morgan fingerprint density at radius 3 is 2.38 bits per heavy atom. The lowest BCUT2D eigenvalue weighted by Crippen LogP contribution is -2.31. The van der Waals surface area contributed by atoms with Gasteiger partial charge in [-0.2, -0.15) is 0 Å². The predicted molar refractivity (Wildman–Crippen MR) is 77.3 cm³/mol. The van der Waals surface area contributed by atoms with Crippen LogP contribution >= 0.6 is 0 Å². The van der Waals surface area contributed by atoms with Gasteiger partial charge in [0.2, 0.25) is 0 Å². The lowest BCUT2D eigenvalue weighted by atomic mass is 10.1. The summed E-state index contributed by atoms with van der Waals surface area (Å²) >= 11 is 0. The number of rotatable bonds is 7. The molecule has 2 rings (SSSR count). The first-order valence-electron chi connectivity index (χ1n) is 6.40. The summed E-state index contributed by atoms with van der Waals surface area (Å²) < 4.78 is 5.42. The summed E-state index contributed by atoms with van der Waals surface area (Å²) in [5, 5.41) is 12.1. The van der Waals surface area contributed by atoms with Crippen LogP contribution in [0.25, 0.3) is 0 Å². The summed E-state index contributed by atoms with van der Waals surface area (Å²) in [7, 11) is 0. The van der Waals surface area contributed by atoms with Crippen LogP contribution in [-0.2, 0) is 4.79 Å². The Bertz CT molecular complexity index is 595. The van der Waals surface area contributed by atoms with Crippen molar-refractivity contribution in [2.24, 2.45) is 0 Å². The largest absolute Gasteiger partial charge is 0.480 e. The summed E-state index contributed by atoms with van der Waals surface area (Å²) in [5.41, 5.74) is 1.22. The Labute approximate surface area is 122 Å². The first-order chi connectivity index (χ1) is 10.2. The van der Waals surface area contributed by atoms with E-state index in [0.29, 0.717) is 16.9 Å². The quantitative estimate of drug-likeness (QED) is 0.603. The van der Waals surface area contributed by atoms with Gasteiger partial charge in [-0.1, -0.05) is 30.3 Å². The highest BCUT2D eigenvalue weighted by Crippen LogP contribution is 2.14. The van der Waals surface area contributed by atoms with Gasteiger partial charge in [-0.25, -0.2) is 0 Å². The number of nitrogens with one attached hydrogen (secondary N) is 1. The summed E-state index contributed by atoms with van der Waals surface area (Å²) in [4.78, 5) is 21.8. The molecule has 0 fully saturated rings. The molecule has 0 saturated carbocycles. The van der Waals surface area contributed by atoms with E-state index in [4.69, 9.17) is 4.74 Å². The van der Waals surface area contributed by atoms with E-state index in [9.17, 15) is 14.7 Å². The van der Waals surface area contributed by atoms with Crippen LogP contribution < -0.4 is 10.1 Å². The SMILES string of the molecule is O=Cc1ccc(OCNC(C(=O)O)c2ccccc2)cc1. The molecule has 5 nitrogen and oxygen atoms in total. The summed E-state index contributed by atoms with van der Waals surface area (Å²) in [6.07, 6.45) is 0.748. The molecule has 0 heterocycles. The van der Waals surface area contributed by atoms with Crippen LogP contribution in [0.3, 0.4) is 0 Å². The van der Waals surface area contributed by atoms with Gasteiger partial charge in [0.25, 0.3) is 0 Å². The van der Waals surface area contributed by atoms with Crippen molar-refractivity contribution in [1.82, 2.24) is 5.32 Å². The van der Waals surface area contributed by atoms with Gasteiger partial charge in [0.15, 0.2) is 0 Å². The molecule has 0 spiro atoms. The maximum Gasteiger partial charge on any atom is 0.325 e. The minimum Gasteiger partial charge on any atom is -0.480 e.